The molecular weight excluding hydrogens is 448 g/mol. The summed E-state index contributed by atoms with van der Waals surface area (Å²) in [5, 5.41) is 0. The van der Waals surface area contributed by atoms with Crippen LogP contribution in [0.4, 0.5) is 10.6 Å². The van der Waals surface area contributed by atoms with Crippen LogP contribution < -0.4 is 4.90 Å². The van der Waals surface area contributed by atoms with Crippen molar-refractivity contribution in [2.45, 2.75) is 71.8 Å². The molecule has 0 unspecified atom stereocenters. The smallest absolute Gasteiger partial charge is 0.416 e. The van der Waals surface area contributed by atoms with Gasteiger partial charge in [-0.1, -0.05) is 12.5 Å². The lowest BCUT2D eigenvalue weighted by atomic mass is 10.0. The zero-order valence-corrected chi connectivity index (χ0v) is 21.7. The van der Waals surface area contributed by atoms with E-state index >= 15 is 0 Å². The number of aromatic nitrogens is 1. The van der Waals surface area contributed by atoms with Crippen molar-refractivity contribution < 1.29 is 23.9 Å². The Morgan fingerprint density at radius 3 is 2.43 bits per heavy atom. The first-order valence-electron chi connectivity index (χ1n) is 12.9. The fourth-order valence-electron chi connectivity index (χ4n) is 4.43. The summed E-state index contributed by atoms with van der Waals surface area (Å²) in [4.78, 5) is 46.7. The third-order valence-electron chi connectivity index (χ3n) is 6.23. The molecule has 2 amide bonds. The number of nitrogens with zero attached hydrogens (tertiary/aromatic N) is 4. The second-order valence-electron chi connectivity index (χ2n) is 10.2. The molecule has 2 aliphatic heterocycles. The van der Waals surface area contributed by atoms with Crippen LogP contribution in [0.1, 0.15) is 64.6 Å². The molecule has 0 N–H and O–H groups in total. The molecule has 1 aromatic heterocycles. The Morgan fingerprint density at radius 1 is 1.00 bits per heavy atom. The molecule has 1 fully saturated rings. The summed E-state index contributed by atoms with van der Waals surface area (Å²) in [5.74, 6) is -0.543. The first-order chi connectivity index (χ1) is 16.7. The van der Waals surface area contributed by atoms with Crippen LogP contribution in [0.25, 0.3) is 0 Å². The Balaban J connectivity index is 1.40. The lowest BCUT2D eigenvalue weighted by molar-refractivity contribution is -0.160. The van der Waals surface area contributed by atoms with E-state index in [9.17, 15) is 14.4 Å². The van der Waals surface area contributed by atoms with Gasteiger partial charge in [-0.05, 0) is 78.0 Å². The molecule has 3 heterocycles. The van der Waals surface area contributed by atoms with Crippen LogP contribution >= 0.6 is 0 Å². The van der Waals surface area contributed by atoms with E-state index in [-0.39, 0.29) is 12.7 Å². The Hall–Kier alpha value is -2.68. The van der Waals surface area contributed by atoms with Crippen molar-refractivity contribution in [3.05, 3.63) is 23.4 Å². The zero-order chi connectivity index (χ0) is 25.4. The minimum atomic E-state index is -0.758. The summed E-state index contributed by atoms with van der Waals surface area (Å²) in [5.41, 5.74) is 1.58. The zero-order valence-electron chi connectivity index (χ0n) is 21.7. The number of hydrogen-bond donors (Lipinski definition) is 0. The number of esters is 1. The highest BCUT2D eigenvalue weighted by molar-refractivity contribution is 6.32. The second kappa shape index (κ2) is 12.3. The van der Waals surface area contributed by atoms with E-state index in [0.29, 0.717) is 19.6 Å². The normalized spacial score (nSPS) is 16.6. The number of carbonyl (C=O) groups is 3. The lowest BCUT2D eigenvalue weighted by Gasteiger charge is -2.34. The van der Waals surface area contributed by atoms with Crippen LogP contribution in [0.2, 0.25) is 0 Å². The van der Waals surface area contributed by atoms with Gasteiger partial charge in [0, 0.05) is 38.4 Å². The third-order valence-corrected chi connectivity index (χ3v) is 6.23. The van der Waals surface area contributed by atoms with Gasteiger partial charge in [-0.2, -0.15) is 0 Å². The van der Waals surface area contributed by atoms with Gasteiger partial charge >= 0.3 is 18.0 Å². The molecule has 0 aromatic carbocycles. The van der Waals surface area contributed by atoms with Gasteiger partial charge < -0.3 is 14.4 Å². The molecule has 0 aliphatic carbocycles. The molecule has 1 saturated heterocycles. The molecule has 0 radical (unpaired) electrons. The van der Waals surface area contributed by atoms with Crippen LogP contribution in [0.3, 0.4) is 0 Å². The summed E-state index contributed by atoms with van der Waals surface area (Å²) >= 11 is 0. The molecular formula is C26H40N4O5. The van der Waals surface area contributed by atoms with Gasteiger partial charge in [-0.15, -0.1) is 0 Å². The van der Waals surface area contributed by atoms with Crippen LogP contribution in [0.5, 0.6) is 0 Å². The van der Waals surface area contributed by atoms with Crippen LogP contribution in [-0.4, -0.2) is 84.2 Å². The van der Waals surface area contributed by atoms with Gasteiger partial charge in [0.05, 0.1) is 6.61 Å². The first-order valence-corrected chi connectivity index (χ1v) is 12.9. The number of ether oxygens (including phenoxy) is 2. The highest BCUT2D eigenvalue weighted by atomic mass is 16.6. The summed E-state index contributed by atoms with van der Waals surface area (Å²) in [6, 6.07) is 4.18. The number of rotatable bonds is 7. The van der Waals surface area contributed by atoms with E-state index in [1.807, 2.05) is 20.8 Å². The van der Waals surface area contributed by atoms with E-state index in [4.69, 9.17) is 14.5 Å². The van der Waals surface area contributed by atoms with Crippen molar-refractivity contribution in [3.63, 3.8) is 0 Å². The Bertz CT molecular complexity index is 890. The maximum atomic E-state index is 12.7. The topological polar surface area (TPSA) is 92.3 Å². The molecule has 0 bridgehead atoms. The van der Waals surface area contributed by atoms with Crippen LogP contribution in [0.15, 0.2) is 12.1 Å². The number of pyridine rings is 1. The van der Waals surface area contributed by atoms with Crippen LogP contribution in [-0.2, 0) is 31.9 Å². The Kier molecular flexibility index (Phi) is 9.48. The highest BCUT2D eigenvalue weighted by Crippen LogP contribution is 2.27. The predicted molar refractivity (Wildman–Crippen MR) is 133 cm³/mol. The quantitative estimate of drug-likeness (QED) is 0.331. The fraction of sp³-hybridized carbons (Fsp3) is 0.692. The Labute approximate surface area is 208 Å². The molecule has 0 spiro atoms. The fourth-order valence-corrected chi connectivity index (χ4v) is 4.43. The summed E-state index contributed by atoms with van der Waals surface area (Å²) < 4.78 is 10.4. The number of hydrogen-bond acceptors (Lipinski definition) is 7. The largest absolute Gasteiger partial charge is 0.459 e. The molecule has 2 aliphatic rings. The number of amides is 2. The van der Waals surface area contributed by atoms with Crippen molar-refractivity contribution in [3.8, 4) is 0 Å². The van der Waals surface area contributed by atoms with Crippen molar-refractivity contribution >= 4 is 23.8 Å². The molecule has 9 heteroatoms. The van der Waals surface area contributed by atoms with E-state index in [1.165, 1.54) is 0 Å². The van der Waals surface area contributed by atoms with Gasteiger partial charge in [0.1, 0.15) is 11.4 Å². The van der Waals surface area contributed by atoms with Gasteiger partial charge in [-0.25, -0.2) is 14.6 Å². The molecule has 3 rings (SSSR count). The minimum Gasteiger partial charge on any atom is -0.459 e. The lowest BCUT2D eigenvalue weighted by Crippen LogP contribution is -2.51. The maximum absolute atomic E-state index is 12.7. The molecule has 1 aromatic rings. The number of unbranched alkanes of at least 4 members (excludes halogenated alkanes) is 2. The van der Waals surface area contributed by atoms with E-state index < -0.39 is 17.5 Å². The van der Waals surface area contributed by atoms with Gasteiger partial charge in [0.15, 0.2) is 0 Å². The van der Waals surface area contributed by atoms with Crippen molar-refractivity contribution in [1.29, 1.82) is 0 Å². The third kappa shape index (κ3) is 7.92. The molecule has 194 valence electrons. The van der Waals surface area contributed by atoms with Crippen LogP contribution in [0, 0.1) is 0 Å². The average Bonchev–Trinajstić information content (AvgIpc) is 2.82. The summed E-state index contributed by atoms with van der Waals surface area (Å²) in [6.45, 7) is 11.8. The van der Waals surface area contributed by atoms with Crippen molar-refractivity contribution in [2.75, 3.05) is 50.8 Å². The standard InChI is InChI=1S/C26H40N4O5/c1-5-34-24(32)23(31)29-18-16-28(17-19-29)14-8-6-7-11-21-13-12-20-10-9-15-30(22(20)27-21)25(33)35-26(2,3)4/h12-13H,5-11,14-19H2,1-4H3. The Morgan fingerprint density at radius 2 is 1.74 bits per heavy atom. The van der Waals surface area contributed by atoms with Crippen molar-refractivity contribution in [2.24, 2.45) is 0 Å². The number of carbonyl (C=O) groups excluding carboxylic acids is 3. The summed E-state index contributed by atoms with van der Waals surface area (Å²) in [7, 11) is 0. The van der Waals surface area contributed by atoms with E-state index in [1.54, 1.807) is 16.7 Å². The van der Waals surface area contributed by atoms with Crippen molar-refractivity contribution in [1.82, 2.24) is 14.8 Å². The monoisotopic (exact) mass is 488 g/mol. The highest BCUT2D eigenvalue weighted by Gasteiger charge is 2.29. The number of fused-ring (bicyclic) bond motifs is 1. The maximum Gasteiger partial charge on any atom is 0.416 e. The molecule has 0 saturated carbocycles. The SMILES string of the molecule is CCOC(=O)C(=O)N1CCN(CCCCCc2ccc3c(n2)N(C(=O)OC(C)(C)C)CCC3)CC1. The molecule has 35 heavy (non-hydrogen) atoms. The summed E-state index contributed by atoms with van der Waals surface area (Å²) in [6.07, 6.45) is 5.57. The number of anilines is 1. The second-order valence-corrected chi connectivity index (χ2v) is 10.2. The number of piperazine rings is 1. The van der Waals surface area contributed by atoms with E-state index in [2.05, 4.69) is 17.0 Å². The molecule has 9 nitrogen and oxygen atoms in total. The average molecular weight is 489 g/mol. The number of aryl methyl sites for hydroxylation is 2. The van der Waals surface area contributed by atoms with Gasteiger partial charge in [0.25, 0.3) is 0 Å². The molecule has 0 atom stereocenters. The van der Waals surface area contributed by atoms with Gasteiger partial charge in [-0.3, -0.25) is 14.6 Å². The first kappa shape index (κ1) is 26.9. The van der Waals surface area contributed by atoms with Gasteiger partial charge in [0.2, 0.25) is 0 Å². The van der Waals surface area contributed by atoms with E-state index in [0.717, 1.165) is 75.2 Å². The predicted octanol–water partition coefficient (Wildman–Crippen LogP) is 3.19. The minimum absolute atomic E-state index is 0.216.